The van der Waals surface area contributed by atoms with E-state index in [0.29, 0.717) is 19.3 Å². The average molecular weight is 435 g/mol. The van der Waals surface area contributed by atoms with E-state index in [9.17, 15) is 14.7 Å². The molecule has 4 atom stereocenters. The van der Waals surface area contributed by atoms with Gasteiger partial charge in [-0.05, 0) is 25.0 Å². The van der Waals surface area contributed by atoms with Crippen molar-refractivity contribution in [3.05, 3.63) is 48.0 Å². The summed E-state index contributed by atoms with van der Waals surface area (Å²) < 4.78 is 22.8. The number of ketones is 1. The SMILES string of the molecule is CO[C@@]1(C(C)(C)/C=C/C=O)O[C@H](C[C@@H](O)[C@@H](C)OCOCc2ccccc2)CCC1=O. The highest BCUT2D eigenvalue weighted by atomic mass is 16.7. The van der Waals surface area contributed by atoms with E-state index in [1.165, 1.54) is 13.2 Å². The molecule has 1 aromatic rings. The topological polar surface area (TPSA) is 91.3 Å². The van der Waals surface area contributed by atoms with Crippen LogP contribution in [0.15, 0.2) is 42.5 Å². The first-order valence-electron chi connectivity index (χ1n) is 10.6. The van der Waals surface area contributed by atoms with Crippen LogP contribution in [0.25, 0.3) is 0 Å². The van der Waals surface area contributed by atoms with Crippen molar-refractivity contribution >= 4 is 12.1 Å². The number of Topliss-reactive ketones (excluding diaryl/α,β-unsaturated/α-hetero) is 1. The van der Waals surface area contributed by atoms with Crippen LogP contribution in [0.1, 0.15) is 45.6 Å². The zero-order valence-electron chi connectivity index (χ0n) is 18.8. The van der Waals surface area contributed by atoms with Crippen molar-refractivity contribution in [2.45, 2.75) is 70.7 Å². The molecule has 1 saturated heterocycles. The molecular weight excluding hydrogens is 400 g/mol. The van der Waals surface area contributed by atoms with Gasteiger partial charge in [0.2, 0.25) is 5.79 Å². The Kier molecular flexibility index (Phi) is 9.53. The van der Waals surface area contributed by atoms with Gasteiger partial charge in [-0.1, -0.05) is 50.3 Å². The molecule has 31 heavy (non-hydrogen) atoms. The maximum Gasteiger partial charge on any atom is 0.237 e. The Morgan fingerprint density at radius 2 is 2.03 bits per heavy atom. The molecule has 0 bridgehead atoms. The number of carbonyl (C=O) groups excluding carboxylic acids is 2. The zero-order chi connectivity index (χ0) is 22.9. The molecule has 1 N–H and O–H groups in total. The van der Waals surface area contributed by atoms with E-state index in [4.69, 9.17) is 18.9 Å². The number of allylic oxidation sites excluding steroid dienone is 1. The first-order valence-corrected chi connectivity index (χ1v) is 10.6. The third-order valence-electron chi connectivity index (χ3n) is 5.69. The van der Waals surface area contributed by atoms with Gasteiger partial charge in [-0.15, -0.1) is 0 Å². The number of carbonyl (C=O) groups is 2. The number of methoxy groups -OCH3 is 1. The molecule has 0 unspecified atom stereocenters. The molecule has 0 aliphatic carbocycles. The Hall–Kier alpha value is -1.90. The van der Waals surface area contributed by atoms with Gasteiger partial charge in [-0.25, -0.2) is 0 Å². The summed E-state index contributed by atoms with van der Waals surface area (Å²) in [4.78, 5) is 23.5. The Morgan fingerprint density at radius 3 is 2.68 bits per heavy atom. The summed E-state index contributed by atoms with van der Waals surface area (Å²) in [5.41, 5.74) is 0.179. The van der Waals surface area contributed by atoms with Crippen LogP contribution >= 0.6 is 0 Å². The van der Waals surface area contributed by atoms with Crippen LogP contribution in [-0.2, 0) is 35.1 Å². The second-order valence-corrected chi connectivity index (χ2v) is 8.37. The number of ether oxygens (including phenoxy) is 4. The summed E-state index contributed by atoms with van der Waals surface area (Å²) in [6.45, 7) is 5.82. The third kappa shape index (κ3) is 6.54. The number of hydrogen-bond donors (Lipinski definition) is 1. The average Bonchev–Trinajstić information content (AvgIpc) is 2.77. The van der Waals surface area contributed by atoms with Crippen molar-refractivity contribution in [2.24, 2.45) is 5.41 Å². The molecule has 1 aliphatic rings. The summed E-state index contributed by atoms with van der Waals surface area (Å²) in [5, 5.41) is 10.6. The molecular formula is C24H34O7. The van der Waals surface area contributed by atoms with Crippen LogP contribution in [0.3, 0.4) is 0 Å². The van der Waals surface area contributed by atoms with Gasteiger partial charge in [0.1, 0.15) is 13.1 Å². The molecule has 0 saturated carbocycles. The van der Waals surface area contributed by atoms with Crippen LogP contribution in [0.4, 0.5) is 0 Å². The summed E-state index contributed by atoms with van der Waals surface area (Å²) >= 11 is 0. The van der Waals surface area contributed by atoms with Crippen molar-refractivity contribution in [2.75, 3.05) is 13.9 Å². The monoisotopic (exact) mass is 434 g/mol. The molecule has 1 aliphatic heterocycles. The minimum Gasteiger partial charge on any atom is -0.390 e. The van der Waals surface area contributed by atoms with Crippen LogP contribution in [0.5, 0.6) is 0 Å². The first kappa shape index (κ1) is 25.4. The van der Waals surface area contributed by atoms with Gasteiger partial charge in [-0.2, -0.15) is 0 Å². The van der Waals surface area contributed by atoms with Gasteiger partial charge >= 0.3 is 0 Å². The molecule has 1 fully saturated rings. The quantitative estimate of drug-likeness (QED) is 0.234. The second kappa shape index (κ2) is 11.6. The Bertz CT molecular complexity index is 731. The van der Waals surface area contributed by atoms with Gasteiger partial charge in [0.15, 0.2) is 5.78 Å². The van der Waals surface area contributed by atoms with Crippen molar-refractivity contribution < 1.29 is 33.6 Å². The number of hydrogen-bond acceptors (Lipinski definition) is 7. The minimum atomic E-state index is -1.52. The number of aliphatic hydroxyl groups is 1. The van der Waals surface area contributed by atoms with Crippen molar-refractivity contribution in [1.82, 2.24) is 0 Å². The fourth-order valence-electron chi connectivity index (χ4n) is 3.77. The van der Waals surface area contributed by atoms with E-state index in [-0.39, 0.29) is 25.4 Å². The summed E-state index contributed by atoms with van der Waals surface area (Å²) in [7, 11) is 1.42. The lowest BCUT2D eigenvalue weighted by Gasteiger charge is -2.47. The Morgan fingerprint density at radius 1 is 1.32 bits per heavy atom. The van der Waals surface area contributed by atoms with Crippen molar-refractivity contribution in [3.8, 4) is 0 Å². The summed E-state index contributed by atoms with van der Waals surface area (Å²) in [6, 6.07) is 9.76. The maximum absolute atomic E-state index is 12.7. The number of rotatable bonds is 12. The lowest BCUT2D eigenvalue weighted by Crippen LogP contribution is -2.59. The standard InChI is InChI=1S/C24H34O7/c1-18(30-17-29-16-19-9-6-5-7-10-19)21(26)15-20-11-12-22(27)24(28-4,31-20)23(2,3)13-8-14-25/h5-10,13-14,18,20-21,26H,11-12,15-17H2,1-4H3/b13-8+/t18-,20+,21-,24-/m1/s1. The first-order chi connectivity index (χ1) is 14.8. The molecule has 7 nitrogen and oxygen atoms in total. The number of aldehydes is 1. The largest absolute Gasteiger partial charge is 0.390 e. The fourth-order valence-corrected chi connectivity index (χ4v) is 3.77. The number of benzene rings is 1. The smallest absolute Gasteiger partial charge is 0.237 e. The molecule has 0 aromatic heterocycles. The van der Waals surface area contributed by atoms with E-state index >= 15 is 0 Å². The second-order valence-electron chi connectivity index (χ2n) is 8.37. The molecule has 172 valence electrons. The van der Waals surface area contributed by atoms with Crippen molar-refractivity contribution in [3.63, 3.8) is 0 Å². The summed E-state index contributed by atoms with van der Waals surface area (Å²) in [5.74, 6) is -1.70. The Labute approximate surface area is 184 Å². The predicted octanol–water partition coefficient (Wildman–Crippen LogP) is 3.19. The van der Waals surface area contributed by atoms with E-state index in [1.807, 2.05) is 30.3 Å². The molecule has 0 radical (unpaired) electrons. The lowest BCUT2D eigenvalue weighted by atomic mass is 9.77. The lowest BCUT2D eigenvalue weighted by molar-refractivity contribution is -0.286. The van der Waals surface area contributed by atoms with E-state index in [2.05, 4.69) is 0 Å². The molecule has 2 rings (SSSR count). The zero-order valence-corrected chi connectivity index (χ0v) is 18.8. The van der Waals surface area contributed by atoms with E-state index in [1.54, 1.807) is 26.8 Å². The predicted molar refractivity (Wildman–Crippen MR) is 115 cm³/mol. The Balaban J connectivity index is 1.90. The fraction of sp³-hybridized carbons (Fsp3) is 0.583. The van der Waals surface area contributed by atoms with E-state index < -0.39 is 29.5 Å². The molecule has 0 spiro atoms. The van der Waals surface area contributed by atoms with Crippen LogP contribution in [0, 0.1) is 5.41 Å². The molecule has 0 amide bonds. The van der Waals surface area contributed by atoms with Gasteiger partial charge in [0.05, 0.1) is 24.9 Å². The number of aliphatic hydroxyl groups excluding tert-OH is 1. The van der Waals surface area contributed by atoms with E-state index in [0.717, 1.165) is 5.56 Å². The highest BCUT2D eigenvalue weighted by Crippen LogP contribution is 2.43. The van der Waals surface area contributed by atoms with Crippen molar-refractivity contribution in [1.29, 1.82) is 0 Å². The molecule has 1 heterocycles. The summed E-state index contributed by atoms with van der Waals surface area (Å²) in [6.07, 6.45) is 2.94. The minimum absolute atomic E-state index is 0.0582. The van der Waals surface area contributed by atoms with Crippen LogP contribution < -0.4 is 0 Å². The van der Waals surface area contributed by atoms with Gasteiger partial charge < -0.3 is 24.1 Å². The highest BCUT2D eigenvalue weighted by Gasteiger charge is 2.55. The van der Waals surface area contributed by atoms with Gasteiger partial charge in [0.25, 0.3) is 0 Å². The molecule has 1 aromatic carbocycles. The van der Waals surface area contributed by atoms with Gasteiger partial charge in [0, 0.05) is 25.4 Å². The third-order valence-corrected chi connectivity index (χ3v) is 5.69. The normalized spacial score (nSPS) is 24.3. The van der Waals surface area contributed by atoms with Crippen LogP contribution in [0.2, 0.25) is 0 Å². The maximum atomic E-state index is 12.7. The molecule has 7 heteroatoms. The van der Waals surface area contributed by atoms with Gasteiger partial charge in [-0.3, -0.25) is 9.59 Å². The highest BCUT2D eigenvalue weighted by molar-refractivity contribution is 5.88. The van der Waals surface area contributed by atoms with Crippen LogP contribution in [-0.4, -0.2) is 55.2 Å².